The van der Waals surface area contributed by atoms with Crippen LogP contribution in [0.5, 0.6) is 23.0 Å². The van der Waals surface area contributed by atoms with Gasteiger partial charge in [0, 0.05) is 23.3 Å². The number of phenolic OH excluding ortho intramolecular Hbond substituents is 1. The van der Waals surface area contributed by atoms with E-state index in [1.165, 1.54) is 32.7 Å². The number of fused-ring (bicyclic) bond motifs is 2. The topological polar surface area (TPSA) is 125 Å². The molecule has 3 heterocycles. The van der Waals surface area contributed by atoms with Crippen molar-refractivity contribution in [1.29, 1.82) is 0 Å². The molecule has 2 aliphatic heterocycles. The van der Waals surface area contributed by atoms with Crippen LogP contribution in [-0.4, -0.2) is 51.3 Å². The molecule has 0 bridgehead atoms. The summed E-state index contributed by atoms with van der Waals surface area (Å²) in [5, 5.41) is 17.8. The highest BCUT2D eigenvalue weighted by Gasteiger charge is 2.63. The minimum atomic E-state index is -1.86. The molecule has 2 N–H and O–H groups in total. The van der Waals surface area contributed by atoms with Crippen molar-refractivity contribution in [3.63, 3.8) is 0 Å². The number of Topliss-reactive ketones (excluding diaryl/α,β-unsaturated/α-hetero) is 2. The van der Waals surface area contributed by atoms with Gasteiger partial charge in [-0.15, -0.1) is 0 Å². The largest absolute Gasteiger partial charge is 0.508 e. The third-order valence-corrected chi connectivity index (χ3v) is 7.43. The van der Waals surface area contributed by atoms with E-state index in [2.05, 4.69) is 15.4 Å². The summed E-state index contributed by atoms with van der Waals surface area (Å²) in [6.07, 6.45) is 1.70. The number of benzene rings is 2. The summed E-state index contributed by atoms with van der Waals surface area (Å²) in [6.45, 7) is 1.79. The number of hydrogen-bond donors (Lipinski definition) is 2. The Morgan fingerprint density at radius 3 is 2.69 bits per heavy atom. The summed E-state index contributed by atoms with van der Waals surface area (Å²) in [4.78, 5) is 32.8. The zero-order valence-electron chi connectivity index (χ0n) is 19.5. The third kappa shape index (κ3) is 2.78. The number of ketones is 2. The predicted octanol–water partition coefficient (Wildman–Crippen LogP) is 3.55. The smallest absolute Gasteiger partial charge is 0.236 e. The zero-order valence-corrected chi connectivity index (χ0v) is 20.3. The molecule has 10 nitrogen and oxygen atoms in total. The normalized spacial score (nSPS) is 24.1. The number of aromatic hydroxyl groups is 1. The molecule has 3 aliphatic rings. The Hall–Kier alpha value is -4.05. The second-order valence-corrected chi connectivity index (χ2v) is 9.32. The minimum Gasteiger partial charge on any atom is -0.508 e. The summed E-state index contributed by atoms with van der Waals surface area (Å²) in [5.74, 6) is -0.586. The summed E-state index contributed by atoms with van der Waals surface area (Å²) >= 11 is 6.53. The average molecular weight is 509 g/mol. The zero-order chi connectivity index (χ0) is 25.4. The Labute approximate surface area is 210 Å². The quantitative estimate of drug-likeness (QED) is 0.511. The van der Waals surface area contributed by atoms with Gasteiger partial charge in [0.05, 0.1) is 14.2 Å². The van der Waals surface area contributed by atoms with E-state index < -0.39 is 29.1 Å². The summed E-state index contributed by atoms with van der Waals surface area (Å²) in [5.41, 5.74) is -0.227. The number of halogens is 1. The van der Waals surface area contributed by atoms with Gasteiger partial charge in [-0.3, -0.25) is 9.59 Å². The van der Waals surface area contributed by atoms with Crippen LogP contribution >= 0.6 is 11.6 Å². The standard InChI is InChI=1S/C25H21ClN4O6/c1-11-7-14-17(20(12-5-4-6-13(31)8-12)30-24(29-14)27-10-28-30)22(32)25(11)23(33)18-15(34-2)9-16(35-3)19(26)21(18)36-25/h4-6,8-11,20,31H,7H2,1-3H3,(H,27,28,29)/t11-,20?,25+/m1/s1. The lowest BCUT2D eigenvalue weighted by Crippen LogP contribution is -2.58. The molecule has 0 saturated heterocycles. The van der Waals surface area contributed by atoms with Gasteiger partial charge < -0.3 is 24.6 Å². The Kier molecular flexibility index (Phi) is 4.81. The lowest BCUT2D eigenvalue weighted by molar-refractivity contribution is -0.130. The maximum absolute atomic E-state index is 14.5. The van der Waals surface area contributed by atoms with Crippen molar-refractivity contribution in [2.75, 3.05) is 19.5 Å². The van der Waals surface area contributed by atoms with Crippen LogP contribution in [0.2, 0.25) is 5.02 Å². The van der Waals surface area contributed by atoms with Gasteiger partial charge >= 0.3 is 0 Å². The van der Waals surface area contributed by atoms with Crippen LogP contribution in [-0.2, 0) is 4.79 Å². The van der Waals surface area contributed by atoms with Crippen molar-refractivity contribution in [3.05, 3.63) is 64.1 Å². The number of methoxy groups -OCH3 is 2. The number of anilines is 1. The molecular weight excluding hydrogens is 488 g/mol. The van der Waals surface area contributed by atoms with E-state index >= 15 is 0 Å². The van der Waals surface area contributed by atoms with Gasteiger partial charge in [-0.2, -0.15) is 10.1 Å². The summed E-state index contributed by atoms with van der Waals surface area (Å²) in [6, 6.07) is 7.32. The van der Waals surface area contributed by atoms with Crippen LogP contribution in [0.4, 0.5) is 5.95 Å². The van der Waals surface area contributed by atoms with E-state index in [0.29, 0.717) is 29.2 Å². The third-order valence-electron chi connectivity index (χ3n) is 7.07. The molecule has 1 aromatic heterocycles. The van der Waals surface area contributed by atoms with Crippen molar-refractivity contribution in [2.24, 2.45) is 5.92 Å². The lowest BCUT2D eigenvalue weighted by atomic mass is 9.69. The van der Waals surface area contributed by atoms with Crippen molar-refractivity contribution < 1.29 is 28.9 Å². The number of aromatic nitrogens is 3. The fraction of sp³-hybridized carbons (Fsp3) is 0.280. The molecule has 1 spiro atoms. The molecule has 0 saturated carbocycles. The van der Waals surface area contributed by atoms with E-state index in [-0.39, 0.29) is 33.6 Å². The molecule has 11 heteroatoms. The first-order valence-corrected chi connectivity index (χ1v) is 11.6. The first kappa shape index (κ1) is 22.4. The Bertz CT molecular complexity index is 1500. The fourth-order valence-electron chi connectivity index (χ4n) is 5.39. The average Bonchev–Trinajstić information content (AvgIpc) is 3.45. The van der Waals surface area contributed by atoms with Gasteiger partial charge in [-0.05, 0) is 24.1 Å². The fourth-order valence-corrected chi connectivity index (χ4v) is 5.66. The molecule has 6 rings (SSSR count). The van der Waals surface area contributed by atoms with Gasteiger partial charge in [-0.25, -0.2) is 4.68 Å². The van der Waals surface area contributed by atoms with E-state index in [1.54, 1.807) is 29.8 Å². The number of hydrogen-bond acceptors (Lipinski definition) is 9. The Morgan fingerprint density at radius 2 is 1.97 bits per heavy atom. The molecule has 0 amide bonds. The molecule has 184 valence electrons. The van der Waals surface area contributed by atoms with E-state index in [4.69, 9.17) is 25.8 Å². The molecule has 2 aromatic carbocycles. The number of nitrogens with zero attached hydrogens (tertiary/aromatic N) is 3. The maximum Gasteiger partial charge on any atom is 0.236 e. The molecule has 0 radical (unpaired) electrons. The summed E-state index contributed by atoms with van der Waals surface area (Å²) < 4.78 is 18.6. The van der Waals surface area contributed by atoms with Crippen LogP contribution in [0.15, 0.2) is 47.9 Å². The first-order valence-electron chi connectivity index (χ1n) is 11.2. The molecule has 1 aliphatic carbocycles. The summed E-state index contributed by atoms with van der Waals surface area (Å²) in [7, 11) is 2.86. The number of carbonyl (C=O) groups is 2. The predicted molar refractivity (Wildman–Crippen MR) is 128 cm³/mol. The number of phenols is 1. The first-order chi connectivity index (χ1) is 17.3. The van der Waals surface area contributed by atoms with Crippen molar-refractivity contribution in [1.82, 2.24) is 14.8 Å². The molecular formula is C25H21ClN4O6. The van der Waals surface area contributed by atoms with Gasteiger partial charge in [0.15, 0.2) is 5.75 Å². The van der Waals surface area contributed by atoms with Gasteiger partial charge in [0.25, 0.3) is 0 Å². The Morgan fingerprint density at radius 1 is 1.19 bits per heavy atom. The van der Waals surface area contributed by atoms with Crippen molar-refractivity contribution in [3.8, 4) is 23.0 Å². The highest BCUT2D eigenvalue weighted by molar-refractivity contribution is 6.36. The van der Waals surface area contributed by atoms with Gasteiger partial charge in [0.2, 0.25) is 23.1 Å². The van der Waals surface area contributed by atoms with Crippen LogP contribution < -0.4 is 19.5 Å². The van der Waals surface area contributed by atoms with Crippen LogP contribution in [0.3, 0.4) is 0 Å². The minimum absolute atomic E-state index is 0.0328. The van der Waals surface area contributed by atoms with Crippen molar-refractivity contribution in [2.45, 2.75) is 25.0 Å². The highest BCUT2D eigenvalue weighted by Crippen LogP contribution is 2.55. The van der Waals surface area contributed by atoms with Crippen molar-refractivity contribution >= 4 is 29.1 Å². The molecule has 3 aromatic rings. The van der Waals surface area contributed by atoms with Crippen LogP contribution in [0, 0.1) is 5.92 Å². The maximum atomic E-state index is 14.5. The molecule has 3 atom stereocenters. The second-order valence-electron chi connectivity index (χ2n) is 8.94. The van der Waals surface area contributed by atoms with E-state index in [9.17, 15) is 14.7 Å². The van der Waals surface area contributed by atoms with E-state index in [0.717, 1.165) is 0 Å². The Balaban J connectivity index is 1.55. The monoisotopic (exact) mass is 508 g/mol. The van der Waals surface area contributed by atoms with Gasteiger partial charge in [-0.1, -0.05) is 30.7 Å². The van der Waals surface area contributed by atoms with E-state index in [1.807, 2.05) is 0 Å². The highest BCUT2D eigenvalue weighted by atomic mass is 35.5. The van der Waals surface area contributed by atoms with Gasteiger partial charge in [0.1, 0.15) is 40.2 Å². The molecule has 36 heavy (non-hydrogen) atoms. The van der Waals surface area contributed by atoms with Crippen LogP contribution in [0.1, 0.15) is 35.3 Å². The number of nitrogens with one attached hydrogen (secondary N) is 1. The number of ether oxygens (including phenoxy) is 3. The lowest BCUT2D eigenvalue weighted by Gasteiger charge is -2.41. The van der Waals surface area contributed by atoms with Crippen LogP contribution in [0.25, 0.3) is 0 Å². The molecule has 1 unspecified atom stereocenters. The number of carbonyl (C=O) groups excluding carboxylic acids is 2. The SMILES string of the molecule is COc1cc(OC)c2c(c1Cl)O[C@@]1(C(=O)C3=C(C[C@H]1C)Nc1ncnn1C3c1cccc(O)c1)C2=O. The number of rotatable bonds is 3. The second kappa shape index (κ2) is 7.72. The number of allylic oxidation sites excluding steroid dienone is 1. The molecule has 0 fully saturated rings.